The second-order valence-corrected chi connectivity index (χ2v) is 1.15. The van der Waals surface area contributed by atoms with Crippen molar-refractivity contribution in [1.29, 1.82) is 0 Å². The average Bonchev–Trinajstić information content (AvgIpc) is 1.37. The van der Waals surface area contributed by atoms with Crippen LogP contribution < -0.4 is 0 Å². The molecule has 0 aromatic rings. The molecule has 0 aliphatic rings. The van der Waals surface area contributed by atoms with Crippen LogP contribution in [0.2, 0.25) is 5.39 Å². The molecule has 0 radical (unpaired) electrons. The van der Waals surface area contributed by atoms with Crippen LogP contribution in [0.15, 0.2) is 0 Å². The quantitative estimate of drug-likeness (QED) is 0.438. The Morgan fingerprint density at radius 1 is 1.75 bits per heavy atom. The van der Waals surface area contributed by atoms with Gasteiger partial charge in [-0.25, -0.2) is 0 Å². The van der Waals surface area contributed by atoms with Gasteiger partial charge in [0.15, 0.2) is 0 Å². The third kappa shape index (κ3) is 2.49. The van der Waals surface area contributed by atoms with E-state index in [1.807, 2.05) is 0 Å². The summed E-state index contributed by atoms with van der Waals surface area (Å²) in [4.78, 5) is 0. The zero-order chi connectivity index (χ0) is 3.41. The predicted molar refractivity (Wildman–Crippen MR) is 15.1 cm³/mol. The average molecular weight is 102 g/mol. The molecule has 0 aromatic heterocycles. The van der Waals surface area contributed by atoms with E-state index < -0.39 is 0 Å². The van der Waals surface area contributed by atoms with Crippen molar-refractivity contribution in [3.63, 3.8) is 0 Å². The molecule has 29 valence electrons. The maximum absolute atomic E-state index is 4.32. The first-order chi connectivity index (χ1) is 1.91. The summed E-state index contributed by atoms with van der Waals surface area (Å²) in [5.41, 5.74) is 0. The van der Waals surface area contributed by atoms with E-state index in [1.54, 1.807) is 0 Å². The summed E-state index contributed by atoms with van der Waals surface area (Å²) in [5.74, 6) is 0. The monoisotopic (exact) mass is 101 g/mol. The topological polar surface area (TPSA) is 0 Å². The number of hydrogen-bond donors (Lipinski definition) is 0. The van der Waals surface area contributed by atoms with Gasteiger partial charge in [-0.3, -0.25) is 0 Å². The van der Waals surface area contributed by atoms with Gasteiger partial charge < -0.3 is 0 Å². The molecule has 0 aliphatic carbocycles. The molecule has 1 heteroatoms. The van der Waals surface area contributed by atoms with Crippen LogP contribution in [0.4, 0.5) is 0 Å². The molecule has 0 heterocycles. The Morgan fingerprint density at radius 2 is 2.00 bits per heavy atom. The summed E-state index contributed by atoms with van der Waals surface area (Å²) < 4.78 is 0. The molecule has 0 nitrogen and oxygen atoms in total. The van der Waals surface area contributed by atoms with Crippen LogP contribution >= 0.6 is 0 Å². The molecular formula is C3H7Ni. The second kappa shape index (κ2) is 3.49. The van der Waals surface area contributed by atoms with Gasteiger partial charge in [-0.05, 0) is 0 Å². The van der Waals surface area contributed by atoms with E-state index in [0.717, 1.165) is 11.8 Å². The van der Waals surface area contributed by atoms with Crippen molar-refractivity contribution in [1.82, 2.24) is 0 Å². The molecule has 0 rings (SSSR count). The van der Waals surface area contributed by atoms with Crippen molar-refractivity contribution in [3.8, 4) is 0 Å². The van der Waals surface area contributed by atoms with E-state index in [1.165, 1.54) is 0 Å². The molecule has 0 fully saturated rings. The Balaban J connectivity index is 1.97. The van der Waals surface area contributed by atoms with Crippen molar-refractivity contribution >= 4 is 0 Å². The maximum atomic E-state index is 4.32. The van der Waals surface area contributed by atoms with Gasteiger partial charge in [0.05, 0.1) is 0 Å². The third-order valence-electron chi connectivity index (χ3n) is 0.158. The van der Waals surface area contributed by atoms with Crippen molar-refractivity contribution in [2.75, 3.05) is 0 Å². The number of hydrogen-bond acceptors (Lipinski definition) is 0. The van der Waals surface area contributed by atoms with E-state index in [9.17, 15) is 0 Å². The summed E-state index contributed by atoms with van der Waals surface area (Å²) in [6, 6.07) is 0. The van der Waals surface area contributed by atoms with Gasteiger partial charge in [0.1, 0.15) is 0 Å². The first-order valence-corrected chi connectivity index (χ1v) is 2.13. The van der Waals surface area contributed by atoms with Crippen LogP contribution in [0.5, 0.6) is 0 Å². The Hall–Kier alpha value is 0.494. The molecule has 0 unspecified atom stereocenters. The number of rotatable bonds is 1. The molecule has 0 aromatic carbocycles. The molecule has 0 N–H and O–H groups in total. The minimum atomic E-state index is 0.944. The molecule has 0 amide bonds. The van der Waals surface area contributed by atoms with E-state index in [0.29, 0.717) is 0 Å². The van der Waals surface area contributed by atoms with Crippen molar-refractivity contribution < 1.29 is 15.5 Å². The van der Waals surface area contributed by atoms with Gasteiger partial charge in [-0.1, -0.05) is 0 Å². The van der Waals surface area contributed by atoms with Crippen molar-refractivity contribution in [3.05, 3.63) is 0 Å². The van der Waals surface area contributed by atoms with E-state index in [-0.39, 0.29) is 0 Å². The summed E-state index contributed by atoms with van der Waals surface area (Å²) >= 11 is 4.32. The zero-order valence-corrected chi connectivity index (χ0v) is 3.72. The van der Waals surface area contributed by atoms with Gasteiger partial charge in [0.25, 0.3) is 0 Å². The minimum absolute atomic E-state index is 0.944. The summed E-state index contributed by atoms with van der Waals surface area (Å²) in [5, 5.41) is 0.944. The first kappa shape index (κ1) is 4.49. The van der Waals surface area contributed by atoms with Crippen LogP contribution in [0.25, 0.3) is 0 Å². The Labute approximate surface area is 35.0 Å². The van der Waals surface area contributed by atoms with E-state index in [2.05, 4.69) is 22.4 Å². The third-order valence-corrected chi connectivity index (χ3v) is 0.652. The van der Waals surface area contributed by atoms with Gasteiger partial charge in [0, 0.05) is 0 Å². The molecule has 4 heavy (non-hydrogen) atoms. The first-order valence-electron chi connectivity index (χ1n) is 1.43. The standard InChI is InChI=1S/C3H7.Ni/c1-3-2;/h1,3H2,2H3;. The van der Waals surface area contributed by atoms with E-state index >= 15 is 0 Å². The van der Waals surface area contributed by atoms with Crippen LogP contribution in [0, 0.1) is 0 Å². The van der Waals surface area contributed by atoms with Crippen molar-refractivity contribution in [2.24, 2.45) is 0 Å². The molecule has 0 saturated heterocycles. The van der Waals surface area contributed by atoms with Gasteiger partial charge >= 0.3 is 34.2 Å². The molecular weight excluding hydrogens is 94.7 g/mol. The fourth-order valence-electron chi connectivity index (χ4n) is 0. The zero-order valence-electron chi connectivity index (χ0n) is 2.73. The van der Waals surface area contributed by atoms with Gasteiger partial charge in [0.2, 0.25) is 0 Å². The molecule has 0 spiro atoms. The van der Waals surface area contributed by atoms with Crippen LogP contribution in [0.3, 0.4) is 0 Å². The summed E-state index contributed by atoms with van der Waals surface area (Å²) in [7, 11) is 0. The predicted octanol–water partition coefficient (Wildman–Crippen LogP) is 1.36. The Morgan fingerprint density at radius 3 is 2.00 bits per heavy atom. The second-order valence-electron chi connectivity index (χ2n) is 0.658. The summed E-state index contributed by atoms with van der Waals surface area (Å²) in [6.45, 7) is 2.09. The fraction of sp³-hybridized carbons (Fsp3) is 1.00. The Bertz CT molecular complexity index is 5.25. The SMILES string of the molecule is CC[CH2][Ni]. The van der Waals surface area contributed by atoms with Crippen LogP contribution in [-0.4, -0.2) is 0 Å². The fourth-order valence-corrected chi connectivity index (χ4v) is 0. The van der Waals surface area contributed by atoms with Crippen LogP contribution in [0.1, 0.15) is 13.3 Å². The molecule has 0 aliphatic heterocycles. The molecule has 0 saturated carbocycles. The molecule has 0 bridgehead atoms. The summed E-state index contributed by atoms with van der Waals surface area (Å²) in [6.07, 6.45) is 1.15. The normalized spacial score (nSPS) is 7.75. The molecule has 0 atom stereocenters. The van der Waals surface area contributed by atoms with E-state index in [4.69, 9.17) is 0 Å². The van der Waals surface area contributed by atoms with Gasteiger partial charge in [-0.2, -0.15) is 0 Å². The van der Waals surface area contributed by atoms with Crippen molar-refractivity contribution in [2.45, 2.75) is 18.7 Å². The van der Waals surface area contributed by atoms with Gasteiger partial charge in [-0.15, -0.1) is 0 Å². The Kier molecular flexibility index (Phi) is 3.92. The van der Waals surface area contributed by atoms with Crippen LogP contribution in [-0.2, 0) is 15.5 Å².